The number of carbonyl (C=O) groups excluding carboxylic acids is 3. The van der Waals surface area contributed by atoms with E-state index in [1.165, 1.54) is 4.90 Å². The molecule has 1 fully saturated rings. The lowest BCUT2D eigenvalue weighted by atomic mass is 9.83. The number of morpholine rings is 1. The topological polar surface area (TPSA) is 76.2 Å². The molecule has 7 nitrogen and oxygen atoms in total. The summed E-state index contributed by atoms with van der Waals surface area (Å²) in [4.78, 5) is 42.0. The van der Waals surface area contributed by atoms with Crippen molar-refractivity contribution in [3.8, 4) is 0 Å². The quantitative estimate of drug-likeness (QED) is 0.647. The molecule has 1 aromatic carbocycles. The molecule has 0 spiro atoms. The van der Waals surface area contributed by atoms with Gasteiger partial charge in [-0.25, -0.2) is 4.79 Å². The van der Waals surface area contributed by atoms with Gasteiger partial charge in [-0.1, -0.05) is 23.7 Å². The van der Waals surface area contributed by atoms with Gasteiger partial charge in [-0.05, 0) is 45.4 Å². The van der Waals surface area contributed by atoms with E-state index in [9.17, 15) is 14.4 Å². The summed E-state index contributed by atoms with van der Waals surface area (Å²) in [5, 5.41) is 0.575. The highest BCUT2D eigenvalue weighted by Gasteiger charge is 2.38. The van der Waals surface area contributed by atoms with Crippen LogP contribution in [0, 0.1) is 0 Å². The monoisotopic (exact) mass is 448 g/mol. The summed E-state index contributed by atoms with van der Waals surface area (Å²) in [7, 11) is 0. The molecule has 0 bridgehead atoms. The van der Waals surface area contributed by atoms with Crippen LogP contribution in [0.15, 0.2) is 35.5 Å². The van der Waals surface area contributed by atoms with E-state index in [0.717, 1.165) is 5.56 Å². The predicted molar refractivity (Wildman–Crippen MR) is 116 cm³/mol. The van der Waals surface area contributed by atoms with Crippen LogP contribution < -0.4 is 0 Å². The van der Waals surface area contributed by atoms with E-state index >= 15 is 0 Å². The summed E-state index contributed by atoms with van der Waals surface area (Å²) in [6.45, 7) is 8.34. The van der Waals surface area contributed by atoms with Crippen molar-refractivity contribution in [2.24, 2.45) is 0 Å². The number of esters is 1. The Labute approximate surface area is 187 Å². The van der Waals surface area contributed by atoms with Gasteiger partial charge in [0.05, 0.1) is 24.4 Å². The van der Waals surface area contributed by atoms with Gasteiger partial charge >= 0.3 is 5.97 Å². The zero-order valence-electron chi connectivity index (χ0n) is 18.4. The highest BCUT2D eigenvalue weighted by Crippen LogP contribution is 2.37. The molecule has 0 aliphatic carbocycles. The van der Waals surface area contributed by atoms with Crippen molar-refractivity contribution in [3.05, 3.63) is 46.1 Å². The Hall–Kier alpha value is -2.38. The Kier molecular flexibility index (Phi) is 7.38. The average Bonchev–Trinajstić information content (AvgIpc) is 2.70. The summed E-state index contributed by atoms with van der Waals surface area (Å²) >= 11 is 6.00. The molecule has 0 saturated carbocycles. The van der Waals surface area contributed by atoms with Crippen LogP contribution in [0.5, 0.6) is 0 Å². The van der Waals surface area contributed by atoms with Gasteiger partial charge in [0.15, 0.2) is 0 Å². The minimum Gasteiger partial charge on any atom is -0.463 e. The van der Waals surface area contributed by atoms with Crippen molar-refractivity contribution < 1.29 is 23.9 Å². The van der Waals surface area contributed by atoms with E-state index in [1.54, 1.807) is 30.9 Å². The van der Waals surface area contributed by atoms with Gasteiger partial charge in [0.25, 0.3) is 0 Å². The van der Waals surface area contributed by atoms with E-state index in [2.05, 4.69) is 0 Å². The van der Waals surface area contributed by atoms with Crippen LogP contribution >= 0.6 is 11.6 Å². The third-order valence-corrected chi connectivity index (χ3v) is 5.91. The SMILES string of the molecule is CCOC(=O)C1=C(C)N(CC(=O)N2CC(C)OC(C)C2)C(=O)CC1c1ccc(Cl)cc1. The molecule has 0 radical (unpaired) electrons. The lowest BCUT2D eigenvalue weighted by Gasteiger charge is -2.38. The summed E-state index contributed by atoms with van der Waals surface area (Å²) < 4.78 is 11.0. The van der Waals surface area contributed by atoms with E-state index in [-0.39, 0.29) is 43.6 Å². The highest BCUT2D eigenvalue weighted by atomic mass is 35.5. The molecule has 8 heteroatoms. The van der Waals surface area contributed by atoms with Gasteiger partial charge in [-0.15, -0.1) is 0 Å². The number of nitrogens with zero attached hydrogens (tertiary/aromatic N) is 2. The van der Waals surface area contributed by atoms with Crippen LogP contribution in [0.4, 0.5) is 0 Å². The molecule has 3 rings (SSSR count). The molecule has 3 unspecified atom stereocenters. The van der Waals surface area contributed by atoms with Crippen LogP contribution in [0.3, 0.4) is 0 Å². The number of halogens is 1. The van der Waals surface area contributed by atoms with Gasteiger partial charge in [0.2, 0.25) is 11.8 Å². The number of ether oxygens (including phenoxy) is 2. The van der Waals surface area contributed by atoms with Crippen LogP contribution in [0.25, 0.3) is 0 Å². The molecule has 168 valence electrons. The Morgan fingerprint density at radius 3 is 2.35 bits per heavy atom. The maximum atomic E-state index is 13.0. The lowest BCUT2D eigenvalue weighted by molar-refractivity contribution is -0.148. The summed E-state index contributed by atoms with van der Waals surface area (Å²) in [6.07, 6.45) is -0.0485. The predicted octanol–water partition coefficient (Wildman–Crippen LogP) is 3.13. The van der Waals surface area contributed by atoms with E-state index in [4.69, 9.17) is 21.1 Å². The van der Waals surface area contributed by atoms with Crippen molar-refractivity contribution >= 4 is 29.4 Å². The van der Waals surface area contributed by atoms with E-state index < -0.39 is 11.9 Å². The molecule has 1 saturated heterocycles. The minimum absolute atomic E-state index is 0.0641. The van der Waals surface area contributed by atoms with Gasteiger partial charge < -0.3 is 19.3 Å². The van der Waals surface area contributed by atoms with E-state index in [1.807, 2.05) is 26.0 Å². The van der Waals surface area contributed by atoms with Gasteiger partial charge in [-0.2, -0.15) is 0 Å². The summed E-state index contributed by atoms with van der Waals surface area (Å²) in [5.74, 6) is -1.28. The Morgan fingerprint density at radius 1 is 1.16 bits per heavy atom. The molecule has 2 aliphatic rings. The first-order valence-electron chi connectivity index (χ1n) is 10.6. The van der Waals surface area contributed by atoms with Crippen LogP contribution in [-0.2, 0) is 23.9 Å². The highest BCUT2D eigenvalue weighted by molar-refractivity contribution is 6.30. The number of rotatable bonds is 5. The molecular weight excluding hydrogens is 420 g/mol. The first-order chi connectivity index (χ1) is 14.7. The number of benzene rings is 1. The van der Waals surface area contributed by atoms with Gasteiger partial charge in [-0.3, -0.25) is 9.59 Å². The van der Waals surface area contributed by atoms with Crippen LogP contribution in [0.2, 0.25) is 5.02 Å². The fourth-order valence-electron chi connectivity index (χ4n) is 4.27. The fourth-order valence-corrected chi connectivity index (χ4v) is 4.40. The zero-order valence-corrected chi connectivity index (χ0v) is 19.1. The molecule has 0 aromatic heterocycles. The van der Waals surface area contributed by atoms with Gasteiger partial charge in [0.1, 0.15) is 6.54 Å². The van der Waals surface area contributed by atoms with Crippen molar-refractivity contribution in [2.75, 3.05) is 26.2 Å². The second-order valence-corrected chi connectivity index (χ2v) is 8.50. The molecule has 0 N–H and O–H groups in total. The Balaban J connectivity index is 1.90. The Morgan fingerprint density at radius 2 is 1.77 bits per heavy atom. The fraction of sp³-hybridized carbons (Fsp3) is 0.522. The van der Waals surface area contributed by atoms with Crippen LogP contribution in [-0.4, -0.2) is 66.0 Å². The normalized spacial score (nSPS) is 24.4. The van der Waals surface area contributed by atoms with Crippen molar-refractivity contribution in [2.45, 2.75) is 52.2 Å². The van der Waals surface area contributed by atoms with Crippen molar-refractivity contribution in [3.63, 3.8) is 0 Å². The maximum Gasteiger partial charge on any atom is 0.336 e. The Bertz CT molecular complexity index is 872. The molecule has 2 aliphatic heterocycles. The largest absolute Gasteiger partial charge is 0.463 e. The lowest BCUT2D eigenvalue weighted by Crippen LogP contribution is -2.52. The standard InChI is InChI=1S/C23H29ClN2O5/c1-5-30-23(29)22-16(4)26(13-21(28)25-11-14(2)31-15(3)12-25)20(27)10-19(22)17-6-8-18(24)9-7-17/h6-9,14-15,19H,5,10-13H2,1-4H3. The second-order valence-electron chi connectivity index (χ2n) is 8.06. The van der Waals surface area contributed by atoms with Crippen molar-refractivity contribution in [1.29, 1.82) is 0 Å². The number of hydrogen-bond donors (Lipinski definition) is 0. The zero-order chi connectivity index (χ0) is 22.7. The van der Waals surface area contributed by atoms with E-state index in [0.29, 0.717) is 29.4 Å². The molecule has 31 heavy (non-hydrogen) atoms. The summed E-state index contributed by atoms with van der Waals surface area (Å²) in [6, 6.07) is 7.08. The molecule has 1 aromatic rings. The molecule has 2 heterocycles. The molecule has 3 atom stereocenters. The van der Waals surface area contributed by atoms with Crippen LogP contribution in [0.1, 0.15) is 45.6 Å². The summed E-state index contributed by atoms with van der Waals surface area (Å²) in [5.41, 5.74) is 1.67. The van der Waals surface area contributed by atoms with Gasteiger partial charge in [0, 0.05) is 36.1 Å². The number of amides is 2. The second kappa shape index (κ2) is 9.83. The first kappa shape index (κ1) is 23.3. The number of allylic oxidation sites excluding steroid dienone is 1. The average molecular weight is 449 g/mol. The smallest absolute Gasteiger partial charge is 0.336 e. The molecular formula is C23H29ClN2O5. The maximum absolute atomic E-state index is 13.0. The first-order valence-corrected chi connectivity index (χ1v) is 11.0. The molecule has 2 amide bonds. The third kappa shape index (κ3) is 5.28. The third-order valence-electron chi connectivity index (χ3n) is 5.66. The minimum atomic E-state index is -0.474. The van der Waals surface area contributed by atoms with Crippen molar-refractivity contribution in [1.82, 2.24) is 9.80 Å². The number of carbonyl (C=O) groups is 3. The number of hydrogen-bond acceptors (Lipinski definition) is 5.